The van der Waals surface area contributed by atoms with Crippen LogP contribution in [0.5, 0.6) is 5.75 Å². The van der Waals surface area contributed by atoms with Crippen molar-refractivity contribution in [2.75, 3.05) is 20.1 Å². The summed E-state index contributed by atoms with van der Waals surface area (Å²) < 4.78 is 0. The van der Waals surface area contributed by atoms with Crippen LogP contribution in [0.4, 0.5) is 0 Å². The first-order chi connectivity index (χ1) is 9.52. The van der Waals surface area contributed by atoms with Crippen LogP contribution in [0.15, 0.2) is 18.2 Å². The quantitative estimate of drug-likeness (QED) is 0.855. The molecule has 2 rings (SSSR count). The van der Waals surface area contributed by atoms with E-state index < -0.39 is 0 Å². The van der Waals surface area contributed by atoms with Crippen LogP contribution in [0, 0.1) is 12.8 Å². The fourth-order valence-electron chi connectivity index (χ4n) is 2.50. The van der Waals surface area contributed by atoms with Gasteiger partial charge in [-0.3, -0.25) is 9.59 Å². The number of aryl methyl sites for hydroxylation is 1. The van der Waals surface area contributed by atoms with Crippen molar-refractivity contribution in [2.45, 2.75) is 19.8 Å². The first-order valence-corrected chi connectivity index (χ1v) is 6.83. The molecule has 0 spiro atoms. The summed E-state index contributed by atoms with van der Waals surface area (Å²) in [5.41, 5.74) is 1.20. The molecule has 1 heterocycles. The minimum atomic E-state index is -0.142. The van der Waals surface area contributed by atoms with Crippen LogP contribution >= 0.6 is 0 Å². The second-order valence-electron chi connectivity index (χ2n) is 5.21. The zero-order valence-electron chi connectivity index (χ0n) is 11.8. The van der Waals surface area contributed by atoms with Crippen LogP contribution in [-0.2, 0) is 4.79 Å². The normalized spacial score (nSPS) is 18.7. The number of amides is 2. The Kier molecular flexibility index (Phi) is 4.27. The number of piperidine rings is 1. The van der Waals surface area contributed by atoms with Crippen molar-refractivity contribution in [3.8, 4) is 5.75 Å². The van der Waals surface area contributed by atoms with Crippen LogP contribution in [0.1, 0.15) is 28.8 Å². The van der Waals surface area contributed by atoms with Gasteiger partial charge in [0.2, 0.25) is 5.91 Å². The molecule has 0 saturated carbocycles. The molecule has 2 amide bonds. The highest BCUT2D eigenvalue weighted by molar-refractivity contribution is 5.95. The number of nitrogens with zero attached hydrogens (tertiary/aromatic N) is 1. The van der Waals surface area contributed by atoms with Crippen LogP contribution in [-0.4, -0.2) is 42.0 Å². The number of hydrogen-bond donors (Lipinski definition) is 2. The van der Waals surface area contributed by atoms with Gasteiger partial charge >= 0.3 is 0 Å². The lowest BCUT2D eigenvalue weighted by Crippen LogP contribution is -2.44. The molecule has 1 fully saturated rings. The van der Waals surface area contributed by atoms with Crippen molar-refractivity contribution < 1.29 is 14.7 Å². The third kappa shape index (κ3) is 2.92. The van der Waals surface area contributed by atoms with E-state index in [1.807, 2.05) is 0 Å². The number of nitrogens with one attached hydrogen (secondary N) is 1. The number of carbonyl (C=O) groups excluding carboxylic acids is 2. The average Bonchev–Trinajstić information content (AvgIpc) is 2.48. The molecule has 20 heavy (non-hydrogen) atoms. The van der Waals surface area contributed by atoms with Crippen molar-refractivity contribution >= 4 is 11.8 Å². The zero-order valence-corrected chi connectivity index (χ0v) is 11.8. The summed E-state index contributed by atoms with van der Waals surface area (Å²) in [5.74, 6) is -0.171. The number of phenols is 1. The van der Waals surface area contributed by atoms with Crippen LogP contribution < -0.4 is 5.32 Å². The lowest BCUT2D eigenvalue weighted by Gasteiger charge is -2.32. The molecule has 1 saturated heterocycles. The Morgan fingerprint density at radius 2 is 2.15 bits per heavy atom. The lowest BCUT2D eigenvalue weighted by atomic mass is 9.96. The SMILES string of the molecule is CNC(=O)C1CCCN(C(=O)c2ccc(C)c(O)c2)C1. The minimum Gasteiger partial charge on any atom is -0.508 e. The molecule has 5 nitrogen and oxygen atoms in total. The second kappa shape index (κ2) is 5.94. The summed E-state index contributed by atoms with van der Waals surface area (Å²) in [6, 6.07) is 4.92. The van der Waals surface area contributed by atoms with Gasteiger partial charge in [0.15, 0.2) is 0 Å². The molecule has 1 unspecified atom stereocenters. The first-order valence-electron chi connectivity index (χ1n) is 6.83. The molecule has 0 aliphatic carbocycles. The summed E-state index contributed by atoms with van der Waals surface area (Å²) in [6.07, 6.45) is 1.63. The number of phenolic OH excluding ortho intramolecular Hbond substituents is 1. The van der Waals surface area contributed by atoms with Gasteiger partial charge in [-0.15, -0.1) is 0 Å². The van der Waals surface area contributed by atoms with E-state index in [1.165, 1.54) is 6.07 Å². The van der Waals surface area contributed by atoms with Crippen molar-refractivity contribution in [1.82, 2.24) is 10.2 Å². The standard InChI is InChI=1S/C15H20N2O3/c1-10-5-6-11(8-13(10)18)15(20)17-7-3-4-12(9-17)14(19)16-2/h5-6,8,12,18H,3-4,7,9H2,1-2H3,(H,16,19). The average molecular weight is 276 g/mol. The van der Waals surface area contributed by atoms with Gasteiger partial charge in [-0.2, -0.15) is 0 Å². The maximum absolute atomic E-state index is 12.4. The molecular weight excluding hydrogens is 256 g/mol. The van der Waals surface area contributed by atoms with Gasteiger partial charge in [0, 0.05) is 25.7 Å². The second-order valence-corrected chi connectivity index (χ2v) is 5.21. The Morgan fingerprint density at radius 3 is 2.80 bits per heavy atom. The van der Waals surface area contributed by atoms with Crippen molar-refractivity contribution in [3.63, 3.8) is 0 Å². The van der Waals surface area contributed by atoms with Crippen molar-refractivity contribution in [2.24, 2.45) is 5.92 Å². The number of aromatic hydroxyl groups is 1. The Balaban J connectivity index is 2.12. The van der Waals surface area contributed by atoms with Crippen molar-refractivity contribution in [3.05, 3.63) is 29.3 Å². The molecule has 108 valence electrons. The van der Waals surface area contributed by atoms with Gasteiger partial charge in [-0.25, -0.2) is 0 Å². The minimum absolute atomic E-state index is 0.0192. The number of hydrogen-bond acceptors (Lipinski definition) is 3. The van der Waals surface area contributed by atoms with Gasteiger partial charge in [0.25, 0.3) is 5.91 Å². The van der Waals surface area contributed by atoms with E-state index in [4.69, 9.17) is 0 Å². The van der Waals surface area contributed by atoms with Gasteiger partial charge in [0.05, 0.1) is 5.92 Å². The van der Waals surface area contributed by atoms with E-state index in [2.05, 4.69) is 5.32 Å². The highest BCUT2D eigenvalue weighted by Crippen LogP contribution is 2.22. The Labute approximate surface area is 118 Å². The maximum atomic E-state index is 12.4. The predicted octanol–water partition coefficient (Wildman–Crippen LogP) is 1.30. The molecule has 1 aliphatic heterocycles. The fourth-order valence-corrected chi connectivity index (χ4v) is 2.50. The van der Waals surface area contributed by atoms with Gasteiger partial charge in [0.1, 0.15) is 5.75 Å². The Bertz CT molecular complexity index is 528. The van der Waals surface area contributed by atoms with Gasteiger partial charge < -0.3 is 15.3 Å². The number of benzene rings is 1. The summed E-state index contributed by atoms with van der Waals surface area (Å²) >= 11 is 0. The molecule has 1 aromatic rings. The summed E-state index contributed by atoms with van der Waals surface area (Å²) in [7, 11) is 1.61. The van der Waals surface area contributed by atoms with Gasteiger partial charge in [-0.05, 0) is 37.5 Å². The maximum Gasteiger partial charge on any atom is 0.254 e. The molecule has 1 atom stereocenters. The summed E-state index contributed by atoms with van der Waals surface area (Å²) in [4.78, 5) is 25.8. The molecular formula is C15H20N2O3. The molecule has 0 aromatic heterocycles. The third-order valence-electron chi connectivity index (χ3n) is 3.78. The van der Waals surface area contributed by atoms with Crippen LogP contribution in [0.3, 0.4) is 0 Å². The largest absolute Gasteiger partial charge is 0.508 e. The van der Waals surface area contributed by atoms with E-state index in [0.29, 0.717) is 18.7 Å². The highest BCUT2D eigenvalue weighted by Gasteiger charge is 2.28. The van der Waals surface area contributed by atoms with Crippen molar-refractivity contribution in [1.29, 1.82) is 0 Å². The Hall–Kier alpha value is -2.04. The van der Waals surface area contributed by atoms with E-state index in [9.17, 15) is 14.7 Å². The monoisotopic (exact) mass is 276 g/mol. The smallest absolute Gasteiger partial charge is 0.254 e. The van der Waals surface area contributed by atoms with E-state index in [-0.39, 0.29) is 23.5 Å². The molecule has 2 N–H and O–H groups in total. The van der Waals surface area contributed by atoms with E-state index >= 15 is 0 Å². The zero-order chi connectivity index (χ0) is 14.7. The van der Waals surface area contributed by atoms with E-state index in [1.54, 1.807) is 31.0 Å². The molecule has 0 radical (unpaired) electrons. The topological polar surface area (TPSA) is 69.6 Å². The van der Waals surface area contributed by atoms with E-state index in [0.717, 1.165) is 18.4 Å². The molecule has 5 heteroatoms. The molecule has 0 bridgehead atoms. The number of carbonyl (C=O) groups is 2. The third-order valence-corrected chi connectivity index (χ3v) is 3.78. The lowest BCUT2D eigenvalue weighted by molar-refractivity contribution is -0.125. The number of likely N-dealkylation sites (tertiary alicyclic amines) is 1. The van der Waals surface area contributed by atoms with Crippen LogP contribution in [0.25, 0.3) is 0 Å². The summed E-state index contributed by atoms with van der Waals surface area (Å²) in [6.45, 7) is 2.88. The fraction of sp³-hybridized carbons (Fsp3) is 0.467. The summed E-state index contributed by atoms with van der Waals surface area (Å²) in [5, 5.41) is 12.3. The highest BCUT2D eigenvalue weighted by atomic mass is 16.3. The Morgan fingerprint density at radius 1 is 1.40 bits per heavy atom. The molecule has 1 aromatic carbocycles. The predicted molar refractivity (Wildman–Crippen MR) is 75.5 cm³/mol. The number of rotatable bonds is 2. The molecule has 1 aliphatic rings. The van der Waals surface area contributed by atoms with Crippen LogP contribution in [0.2, 0.25) is 0 Å². The van der Waals surface area contributed by atoms with Gasteiger partial charge in [-0.1, -0.05) is 6.07 Å². The first kappa shape index (κ1) is 14.4.